The molecule has 1 unspecified atom stereocenters. The minimum atomic E-state index is -0.837. The lowest BCUT2D eigenvalue weighted by molar-refractivity contribution is -0.384. The van der Waals surface area contributed by atoms with Crippen LogP contribution in [0.25, 0.3) is 5.76 Å². The van der Waals surface area contributed by atoms with E-state index in [0.717, 1.165) is 25.9 Å². The molecule has 1 amide bonds. The van der Waals surface area contributed by atoms with Gasteiger partial charge in [0.2, 0.25) is 0 Å². The Morgan fingerprint density at radius 3 is 2.27 bits per heavy atom. The van der Waals surface area contributed by atoms with Crippen LogP contribution >= 0.6 is 0 Å². The minimum absolute atomic E-state index is 0.0274. The summed E-state index contributed by atoms with van der Waals surface area (Å²) in [6, 6.07) is 11.4. The van der Waals surface area contributed by atoms with E-state index in [4.69, 9.17) is 4.74 Å². The van der Waals surface area contributed by atoms with Crippen LogP contribution in [0.15, 0.2) is 54.1 Å². The zero-order valence-electron chi connectivity index (χ0n) is 18.3. The molecule has 1 atom stereocenters. The van der Waals surface area contributed by atoms with E-state index >= 15 is 0 Å². The van der Waals surface area contributed by atoms with Crippen LogP contribution in [-0.2, 0) is 9.59 Å². The number of likely N-dealkylation sites (tertiary alicyclic amines) is 2. The summed E-state index contributed by atoms with van der Waals surface area (Å²) in [5, 5.41) is 22.1. The molecule has 9 heteroatoms. The quantitative estimate of drug-likeness (QED) is 0.226. The van der Waals surface area contributed by atoms with Gasteiger partial charge in [-0.05, 0) is 67.9 Å². The Hall–Kier alpha value is -3.72. The van der Waals surface area contributed by atoms with E-state index < -0.39 is 22.7 Å². The maximum absolute atomic E-state index is 13.1. The summed E-state index contributed by atoms with van der Waals surface area (Å²) in [4.78, 5) is 40.3. The number of aliphatic hydroxyl groups is 1. The first-order valence-corrected chi connectivity index (χ1v) is 10.8. The van der Waals surface area contributed by atoms with Crippen molar-refractivity contribution >= 4 is 23.1 Å². The van der Waals surface area contributed by atoms with Crippen LogP contribution in [0.4, 0.5) is 5.69 Å². The van der Waals surface area contributed by atoms with E-state index in [1.54, 1.807) is 24.3 Å². The molecule has 0 saturated carbocycles. The molecule has 0 bridgehead atoms. The van der Waals surface area contributed by atoms with Gasteiger partial charge in [0.1, 0.15) is 11.5 Å². The number of rotatable bonds is 7. The Kier molecular flexibility index (Phi) is 6.41. The van der Waals surface area contributed by atoms with Gasteiger partial charge in [-0.2, -0.15) is 0 Å². The van der Waals surface area contributed by atoms with Crippen molar-refractivity contribution < 1.29 is 24.4 Å². The molecule has 2 heterocycles. The van der Waals surface area contributed by atoms with Gasteiger partial charge in [0.25, 0.3) is 17.4 Å². The van der Waals surface area contributed by atoms with Gasteiger partial charge in [-0.1, -0.05) is 0 Å². The van der Waals surface area contributed by atoms with E-state index in [1.165, 1.54) is 36.3 Å². The van der Waals surface area contributed by atoms with Gasteiger partial charge < -0.3 is 19.6 Å². The molecule has 2 fully saturated rings. The van der Waals surface area contributed by atoms with E-state index in [9.17, 15) is 24.8 Å². The van der Waals surface area contributed by atoms with Crippen molar-refractivity contribution in [2.45, 2.75) is 18.9 Å². The first-order chi connectivity index (χ1) is 15.9. The first-order valence-electron chi connectivity index (χ1n) is 10.8. The summed E-state index contributed by atoms with van der Waals surface area (Å²) in [6.45, 7) is 2.81. The number of aliphatic hydroxyl groups excluding tert-OH is 1. The molecule has 4 rings (SSSR count). The van der Waals surface area contributed by atoms with Crippen LogP contribution in [0.3, 0.4) is 0 Å². The van der Waals surface area contributed by atoms with Crippen LogP contribution < -0.4 is 4.74 Å². The lowest BCUT2D eigenvalue weighted by Gasteiger charge is -2.27. The number of Topliss-reactive ketones (excluding diaryl/α,β-unsaturated/α-hetero) is 1. The van der Waals surface area contributed by atoms with E-state index in [1.807, 2.05) is 0 Å². The van der Waals surface area contributed by atoms with Gasteiger partial charge >= 0.3 is 0 Å². The second-order valence-corrected chi connectivity index (χ2v) is 8.12. The van der Waals surface area contributed by atoms with Crippen LogP contribution in [0.2, 0.25) is 0 Å². The number of carbonyl (C=O) groups excluding carboxylic acids is 2. The average Bonchev–Trinajstić information content (AvgIpc) is 3.44. The number of hydrogen-bond donors (Lipinski definition) is 1. The van der Waals surface area contributed by atoms with Gasteiger partial charge in [0, 0.05) is 30.8 Å². The van der Waals surface area contributed by atoms with Crippen molar-refractivity contribution in [3.8, 4) is 5.75 Å². The van der Waals surface area contributed by atoms with Gasteiger partial charge in [-0.3, -0.25) is 19.7 Å². The number of nitrogens with zero attached hydrogens (tertiary/aromatic N) is 3. The van der Waals surface area contributed by atoms with Crippen molar-refractivity contribution in [1.29, 1.82) is 0 Å². The zero-order valence-corrected chi connectivity index (χ0v) is 18.3. The van der Waals surface area contributed by atoms with Crippen LogP contribution in [-0.4, -0.2) is 64.8 Å². The molecule has 1 N–H and O–H groups in total. The Morgan fingerprint density at radius 1 is 1.06 bits per heavy atom. The van der Waals surface area contributed by atoms with Gasteiger partial charge in [-0.15, -0.1) is 0 Å². The third-order valence-electron chi connectivity index (χ3n) is 6.18. The summed E-state index contributed by atoms with van der Waals surface area (Å²) >= 11 is 0. The molecular weight excluding hydrogens is 426 g/mol. The second-order valence-electron chi connectivity index (χ2n) is 8.12. The molecule has 2 aromatic carbocycles. The lowest BCUT2D eigenvalue weighted by Crippen LogP contribution is -2.37. The van der Waals surface area contributed by atoms with Crippen LogP contribution in [0.5, 0.6) is 5.75 Å². The highest BCUT2D eigenvalue weighted by molar-refractivity contribution is 6.46. The molecule has 0 aliphatic carbocycles. The number of carbonyl (C=O) groups is 2. The fourth-order valence-electron chi connectivity index (χ4n) is 4.40. The number of nitro groups is 1. The van der Waals surface area contributed by atoms with Crippen molar-refractivity contribution in [2.75, 3.05) is 33.3 Å². The molecule has 0 spiro atoms. The average molecular weight is 451 g/mol. The highest BCUT2D eigenvalue weighted by Gasteiger charge is 2.46. The molecule has 2 aromatic rings. The molecular formula is C24H25N3O6. The van der Waals surface area contributed by atoms with Gasteiger partial charge in [0.15, 0.2) is 0 Å². The summed E-state index contributed by atoms with van der Waals surface area (Å²) in [5.41, 5.74) is 0.778. The van der Waals surface area contributed by atoms with Crippen molar-refractivity contribution in [3.63, 3.8) is 0 Å². The molecule has 2 aliphatic heterocycles. The maximum Gasteiger partial charge on any atom is 0.295 e. The van der Waals surface area contributed by atoms with Crippen molar-refractivity contribution in [2.24, 2.45) is 0 Å². The number of ether oxygens (including phenoxy) is 1. The van der Waals surface area contributed by atoms with Crippen LogP contribution in [0.1, 0.15) is 30.0 Å². The normalized spacial score (nSPS) is 20.4. The summed E-state index contributed by atoms with van der Waals surface area (Å²) in [6.07, 6.45) is 2.20. The standard InChI is InChI=1S/C24H25N3O6/c1-33-19-10-6-17(7-11-19)22(28)20-21(16-4-8-18(9-5-16)27(31)32)26(24(30)23(20)29)15-14-25-12-2-3-13-25/h4-11,21,28H,2-3,12-15H2,1H3/b22-20+. The smallest absolute Gasteiger partial charge is 0.295 e. The number of hydrogen-bond acceptors (Lipinski definition) is 7. The SMILES string of the molecule is COc1ccc(/C(O)=C2\C(=O)C(=O)N(CCN3CCCC3)C2c2ccc([N+](=O)[O-])cc2)cc1. The molecule has 0 radical (unpaired) electrons. The molecule has 2 aliphatic rings. The lowest BCUT2D eigenvalue weighted by atomic mass is 9.95. The number of non-ortho nitro benzene ring substituents is 1. The maximum atomic E-state index is 13.1. The van der Waals surface area contributed by atoms with E-state index in [0.29, 0.717) is 30.0 Å². The summed E-state index contributed by atoms with van der Waals surface area (Å²) in [7, 11) is 1.52. The third-order valence-corrected chi connectivity index (χ3v) is 6.18. The predicted molar refractivity (Wildman–Crippen MR) is 121 cm³/mol. The fraction of sp³-hybridized carbons (Fsp3) is 0.333. The van der Waals surface area contributed by atoms with Crippen LogP contribution in [0, 0.1) is 10.1 Å². The number of amides is 1. The number of ketones is 1. The monoisotopic (exact) mass is 451 g/mol. The summed E-state index contributed by atoms with van der Waals surface area (Å²) < 4.78 is 5.14. The number of methoxy groups -OCH3 is 1. The zero-order chi connectivity index (χ0) is 23.5. The third kappa shape index (κ3) is 4.45. The largest absolute Gasteiger partial charge is 0.507 e. The minimum Gasteiger partial charge on any atom is -0.507 e. The second kappa shape index (κ2) is 9.41. The Balaban J connectivity index is 1.75. The number of benzene rings is 2. The topological polar surface area (TPSA) is 113 Å². The molecule has 172 valence electrons. The summed E-state index contributed by atoms with van der Waals surface area (Å²) in [5.74, 6) is -1.16. The Bertz CT molecular complexity index is 1090. The van der Waals surface area contributed by atoms with E-state index in [2.05, 4.69) is 4.90 Å². The van der Waals surface area contributed by atoms with Crippen molar-refractivity contribution in [3.05, 3.63) is 75.3 Å². The van der Waals surface area contributed by atoms with Gasteiger partial charge in [0.05, 0.1) is 23.6 Å². The highest BCUT2D eigenvalue weighted by Crippen LogP contribution is 2.40. The van der Waals surface area contributed by atoms with Gasteiger partial charge in [-0.25, -0.2) is 0 Å². The predicted octanol–water partition coefficient (Wildman–Crippen LogP) is 3.12. The molecule has 2 saturated heterocycles. The van der Waals surface area contributed by atoms with Crippen molar-refractivity contribution in [1.82, 2.24) is 9.80 Å². The Morgan fingerprint density at radius 2 is 1.70 bits per heavy atom. The Labute approximate surface area is 191 Å². The first kappa shape index (κ1) is 22.5. The fourth-order valence-corrected chi connectivity index (χ4v) is 4.40. The molecule has 33 heavy (non-hydrogen) atoms. The number of nitro benzene ring substituents is 1. The van der Waals surface area contributed by atoms with E-state index in [-0.39, 0.29) is 17.0 Å². The molecule has 9 nitrogen and oxygen atoms in total. The highest BCUT2D eigenvalue weighted by atomic mass is 16.6. The molecule has 0 aromatic heterocycles.